The molecule has 0 aliphatic carbocycles. The van der Waals surface area contributed by atoms with E-state index in [0.29, 0.717) is 11.4 Å². The molecule has 2 rings (SSSR count). The first-order valence-electron chi connectivity index (χ1n) is 3.99. The van der Waals surface area contributed by atoms with Crippen LogP contribution in [0.3, 0.4) is 0 Å². The van der Waals surface area contributed by atoms with E-state index in [-0.39, 0.29) is 5.16 Å². The monoisotopic (exact) mass is 241 g/mol. The van der Waals surface area contributed by atoms with Crippen molar-refractivity contribution in [1.82, 2.24) is 15.0 Å². The lowest BCUT2D eigenvalue weighted by Crippen LogP contribution is -2.04. The van der Waals surface area contributed by atoms with Gasteiger partial charge in [0, 0.05) is 17.8 Å². The molecule has 2 aromatic rings. The lowest BCUT2D eigenvalue weighted by Gasteiger charge is -1.98. The maximum absolute atomic E-state index is 11.2. The van der Waals surface area contributed by atoms with Crippen LogP contribution < -0.4 is 0 Å². The maximum atomic E-state index is 11.2. The smallest absolute Gasteiger partial charge is 0.243 e. The molecule has 0 amide bonds. The molecular weight excluding hydrogens is 234 g/mol. The number of nitrogens with zero attached hydrogens (tertiary/aromatic N) is 3. The molecule has 0 N–H and O–H groups in total. The molecule has 0 fully saturated rings. The van der Waals surface area contributed by atoms with Gasteiger partial charge in [0.05, 0.1) is 16.9 Å². The minimum atomic E-state index is -3.36. The summed E-state index contributed by atoms with van der Waals surface area (Å²) in [5, 5.41) is 1.63. The van der Waals surface area contributed by atoms with Crippen molar-refractivity contribution in [3.05, 3.63) is 23.2 Å². The zero-order chi connectivity index (χ0) is 10.9. The number of hydrogen-bond acceptors (Lipinski definition) is 6. The van der Waals surface area contributed by atoms with Gasteiger partial charge in [-0.25, -0.2) is 23.4 Å². The lowest BCUT2D eigenvalue weighted by molar-refractivity contribution is 0.593. The van der Waals surface area contributed by atoms with Gasteiger partial charge in [-0.1, -0.05) is 0 Å². The molecule has 0 saturated heterocycles. The highest BCUT2D eigenvalue weighted by atomic mass is 32.2. The predicted molar refractivity (Wildman–Crippen MR) is 56.2 cm³/mol. The van der Waals surface area contributed by atoms with Crippen molar-refractivity contribution in [3.63, 3.8) is 0 Å². The minimum absolute atomic E-state index is 0.173. The third-order valence-electron chi connectivity index (χ3n) is 1.66. The molecule has 2 heterocycles. The summed E-state index contributed by atoms with van der Waals surface area (Å²) in [5.41, 5.74) is 2.84. The molecule has 0 unspecified atom stereocenters. The van der Waals surface area contributed by atoms with Gasteiger partial charge in [0.2, 0.25) is 15.0 Å². The summed E-state index contributed by atoms with van der Waals surface area (Å²) < 4.78 is 22.4. The summed E-state index contributed by atoms with van der Waals surface area (Å²) in [5.74, 6) is 0. The van der Waals surface area contributed by atoms with Crippen molar-refractivity contribution in [2.75, 3.05) is 6.26 Å². The number of rotatable bonds is 2. The third-order valence-corrected chi connectivity index (χ3v) is 3.11. The van der Waals surface area contributed by atoms with E-state index in [9.17, 15) is 8.42 Å². The summed E-state index contributed by atoms with van der Waals surface area (Å²) in [6, 6.07) is 1.63. The molecular formula is C8H7N3O2S2. The Morgan fingerprint density at radius 3 is 2.67 bits per heavy atom. The van der Waals surface area contributed by atoms with Gasteiger partial charge in [0.1, 0.15) is 0 Å². The lowest BCUT2D eigenvalue weighted by atomic mass is 10.3. The van der Waals surface area contributed by atoms with Gasteiger partial charge in [-0.15, -0.1) is 11.3 Å². The average molecular weight is 241 g/mol. The van der Waals surface area contributed by atoms with Gasteiger partial charge in [0.25, 0.3) is 0 Å². The maximum Gasteiger partial charge on any atom is 0.247 e. The van der Waals surface area contributed by atoms with Gasteiger partial charge >= 0.3 is 0 Å². The second-order valence-corrected chi connectivity index (χ2v) is 5.50. The minimum Gasteiger partial charge on any atom is -0.243 e. The van der Waals surface area contributed by atoms with Crippen molar-refractivity contribution < 1.29 is 8.42 Å². The van der Waals surface area contributed by atoms with E-state index in [2.05, 4.69) is 15.0 Å². The fourth-order valence-electron chi connectivity index (χ4n) is 1.00. The van der Waals surface area contributed by atoms with Crippen LogP contribution in [0, 0.1) is 0 Å². The van der Waals surface area contributed by atoms with Crippen molar-refractivity contribution in [2.24, 2.45) is 0 Å². The van der Waals surface area contributed by atoms with E-state index in [4.69, 9.17) is 0 Å². The molecule has 7 heteroatoms. The normalized spacial score (nSPS) is 11.5. The number of aromatic nitrogens is 3. The van der Waals surface area contributed by atoms with E-state index in [0.717, 1.165) is 6.26 Å². The SMILES string of the molecule is CS(=O)(=O)c1nccc(-c2cscn2)n1. The van der Waals surface area contributed by atoms with Crippen LogP contribution in [-0.2, 0) is 9.84 Å². The van der Waals surface area contributed by atoms with Crippen LogP contribution in [0.15, 0.2) is 28.3 Å². The second kappa shape index (κ2) is 3.67. The van der Waals surface area contributed by atoms with Gasteiger partial charge in [-0.05, 0) is 6.07 Å². The Morgan fingerprint density at radius 2 is 2.07 bits per heavy atom. The van der Waals surface area contributed by atoms with E-state index in [1.165, 1.54) is 17.5 Å². The molecule has 0 aliphatic heterocycles. The molecule has 15 heavy (non-hydrogen) atoms. The Morgan fingerprint density at radius 1 is 1.27 bits per heavy atom. The van der Waals surface area contributed by atoms with Crippen molar-refractivity contribution in [3.8, 4) is 11.4 Å². The zero-order valence-electron chi connectivity index (χ0n) is 7.78. The van der Waals surface area contributed by atoms with Crippen LogP contribution in [-0.4, -0.2) is 29.6 Å². The van der Waals surface area contributed by atoms with E-state index < -0.39 is 9.84 Å². The fourth-order valence-corrected chi connectivity index (χ4v) is 2.06. The number of hydrogen-bond donors (Lipinski definition) is 0. The van der Waals surface area contributed by atoms with Crippen LogP contribution in [0.5, 0.6) is 0 Å². The molecule has 78 valence electrons. The predicted octanol–water partition coefficient (Wildman–Crippen LogP) is 1.00. The van der Waals surface area contributed by atoms with E-state index in [1.807, 2.05) is 0 Å². The first kappa shape index (κ1) is 10.2. The van der Waals surface area contributed by atoms with Crippen molar-refractivity contribution in [1.29, 1.82) is 0 Å². The molecule has 0 aromatic carbocycles. The molecule has 0 saturated carbocycles. The summed E-state index contributed by atoms with van der Waals surface area (Å²) in [4.78, 5) is 11.7. The van der Waals surface area contributed by atoms with Crippen LogP contribution in [0.2, 0.25) is 0 Å². The highest BCUT2D eigenvalue weighted by Crippen LogP contribution is 2.16. The summed E-state index contributed by atoms with van der Waals surface area (Å²) in [6.07, 6.45) is 2.49. The Kier molecular flexibility index (Phi) is 2.49. The molecule has 0 bridgehead atoms. The third kappa shape index (κ3) is 2.18. The number of sulfone groups is 1. The molecule has 0 aliphatic rings. The van der Waals surface area contributed by atoms with E-state index >= 15 is 0 Å². The standard InChI is InChI=1S/C8H7N3O2S2/c1-15(12,13)8-9-3-2-6(11-8)7-4-14-5-10-7/h2-5H,1H3. The number of thiazole rings is 1. The van der Waals surface area contributed by atoms with E-state index in [1.54, 1.807) is 17.0 Å². The van der Waals surface area contributed by atoms with Crippen LogP contribution in [0.1, 0.15) is 0 Å². The van der Waals surface area contributed by atoms with Gasteiger partial charge < -0.3 is 0 Å². The molecule has 2 aromatic heterocycles. The quantitative estimate of drug-likeness (QED) is 0.733. The first-order valence-corrected chi connectivity index (χ1v) is 6.82. The van der Waals surface area contributed by atoms with Crippen LogP contribution in [0.25, 0.3) is 11.4 Å². The Labute approximate surface area is 90.8 Å². The van der Waals surface area contributed by atoms with Crippen LogP contribution in [0.4, 0.5) is 0 Å². The van der Waals surface area contributed by atoms with Crippen molar-refractivity contribution in [2.45, 2.75) is 5.16 Å². The summed E-state index contributed by atoms with van der Waals surface area (Å²) >= 11 is 1.43. The topological polar surface area (TPSA) is 72.8 Å². The summed E-state index contributed by atoms with van der Waals surface area (Å²) in [7, 11) is -3.36. The van der Waals surface area contributed by atoms with Gasteiger partial charge in [-0.3, -0.25) is 0 Å². The second-order valence-electron chi connectivity index (χ2n) is 2.87. The Bertz CT molecular complexity index is 563. The first-order chi connectivity index (χ1) is 7.07. The largest absolute Gasteiger partial charge is 0.247 e. The Hall–Kier alpha value is -1.34. The highest BCUT2D eigenvalue weighted by molar-refractivity contribution is 7.90. The average Bonchev–Trinajstić information content (AvgIpc) is 2.69. The molecule has 0 spiro atoms. The van der Waals surface area contributed by atoms with Crippen molar-refractivity contribution >= 4 is 21.2 Å². The van der Waals surface area contributed by atoms with Gasteiger partial charge in [0.15, 0.2) is 0 Å². The van der Waals surface area contributed by atoms with Gasteiger partial charge in [-0.2, -0.15) is 0 Å². The highest BCUT2D eigenvalue weighted by Gasteiger charge is 2.12. The fraction of sp³-hybridized carbons (Fsp3) is 0.125. The molecule has 0 atom stereocenters. The Balaban J connectivity index is 2.53. The summed E-state index contributed by atoms with van der Waals surface area (Å²) in [6.45, 7) is 0. The zero-order valence-corrected chi connectivity index (χ0v) is 9.42. The van der Waals surface area contributed by atoms with Crippen LogP contribution >= 0.6 is 11.3 Å². The molecule has 5 nitrogen and oxygen atoms in total. The molecule has 0 radical (unpaired) electrons.